The van der Waals surface area contributed by atoms with Crippen molar-refractivity contribution in [2.45, 2.75) is 12.8 Å². The molecule has 0 aliphatic rings. The molecule has 0 spiro atoms. The van der Waals surface area contributed by atoms with Crippen molar-refractivity contribution < 1.29 is 9.59 Å². The number of imidazole rings is 1. The molecule has 4 rings (SSSR count). The first-order valence-electron chi connectivity index (χ1n) is 13.2. The number of nitrogens with zero attached hydrogens (tertiary/aromatic N) is 4. The second-order valence-corrected chi connectivity index (χ2v) is 10.6. The molecular formula is C29H36Cl3N7O2. The van der Waals surface area contributed by atoms with Gasteiger partial charge in [0.1, 0.15) is 0 Å². The first-order valence-corrected chi connectivity index (χ1v) is 14.2. The van der Waals surface area contributed by atoms with E-state index in [1.165, 1.54) is 0 Å². The zero-order valence-electron chi connectivity index (χ0n) is 23.4. The Morgan fingerprint density at radius 2 is 1.66 bits per heavy atom. The number of carbonyl (C=O) groups excluding carboxylic acids is 2. The van der Waals surface area contributed by atoms with Gasteiger partial charge in [-0.15, -0.1) is 35.6 Å². The zero-order valence-corrected chi connectivity index (χ0v) is 25.7. The number of hydrogen-bond donors (Lipinski definition) is 3. The molecule has 0 saturated heterocycles. The van der Waals surface area contributed by atoms with Gasteiger partial charge in [-0.1, -0.05) is 0 Å². The standard InChI is InChI=1S/C29H35Cl2N7O2.ClH/c1-36(2)14-4-5-27(39)32-22-18-26(37(3)19-22)28-34-24-11-6-20(17-25(24)35-28)29(40)33-21-7-9-23(10-8-21)38(15-12-30)16-13-31;/h6-11,17-19H,4-5,12-16H2,1-3H3,(H,32,39)(H,33,40)(H,34,35);1H. The van der Waals surface area contributed by atoms with E-state index in [1.54, 1.807) is 12.1 Å². The molecule has 0 saturated carbocycles. The predicted octanol–water partition coefficient (Wildman–Crippen LogP) is 5.81. The summed E-state index contributed by atoms with van der Waals surface area (Å²) in [4.78, 5) is 37.5. The Labute approximate surface area is 256 Å². The summed E-state index contributed by atoms with van der Waals surface area (Å²) in [6, 6.07) is 14.9. The van der Waals surface area contributed by atoms with Gasteiger partial charge >= 0.3 is 0 Å². The van der Waals surface area contributed by atoms with Crippen LogP contribution in [0, 0.1) is 0 Å². The van der Waals surface area contributed by atoms with Gasteiger partial charge in [0.2, 0.25) is 5.91 Å². The molecule has 0 aliphatic heterocycles. The van der Waals surface area contributed by atoms with E-state index in [2.05, 4.69) is 25.4 Å². The van der Waals surface area contributed by atoms with Crippen molar-refractivity contribution in [2.24, 2.45) is 7.05 Å². The summed E-state index contributed by atoms with van der Waals surface area (Å²) in [6.07, 6.45) is 3.12. The molecule has 0 bridgehead atoms. The highest BCUT2D eigenvalue weighted by atomic mass is 35.5. The van der Waals surface area contributed by atoms with Crippen molar-refractivity contribution in [3.63, 3.8) is 0 Å². The largest absolute Gasteiger partial charge is 0.369 e. The molecule has 9 nitrogen and oxygen atoms in total. The maximum atomic E-state index is 13.0. The molecule has 0 aliphatic carbocycles. The third-order valence-corrected chi connectivity index (χ3v) is 6.82. The Morgan fingerprint density at radius 1 is 0.951 bits per heavy atom. The minimum absolute atomic E-state index is 0. The molecule has 220 valence electrons. The summed E-state index contributed by atoms with van der Waals surface area (Å²) in [7, 11) is 5.88. The number of aromatic nitrogens is 3. The van der Waals surface area contributed by atoms with Crippen molar-refractivity contribution >= 4 is 75.5 Å². The number of aromatic amines is 1. The van der Waals surface area contributed by atoms with Crippen LogP contribution in [0.5, 0.6) is 0 Å². The number of anilines is 3. The number of H-pyrrole nitrogens is 1. The van der Waals surface area contributed by atoms with E-state index in [0.29, 0.717) is 54.0 Å². The lowest BCUT2D eigenvalue weighted by Gasteiger charge is -2.23. The van der Waals surface area contributed by atoms with Gasteiger partial charge < -0.3 is 30.0 Å². The summed E-state index contributed by atoms with van der Waals surface area (Å²) in [5, 5.41) is 5.91. The minimum Gasteiger partial charge on any atom is -0.369 e. The smallest absolute Gasteiger partial charge is 0.255 e. The number of amides is 2. The highest BCUT2D eigenvalue weighted by molar-refractivity contribution is 6.18. The summed E-state index contributed by atoms with van der Waals surface area (Å²) in [6.45, 7) is 2.26. The van der Waals surface area contributed by atoms with Gasteiger partial charge in [0.05, 0.1) is 22.4 Å². The van der Waals surface area contributed by atoms with Crippen molar-refractivity contribution in [2.75, 3.05) is 61.0 Å². The van der Waals surface area contributed by atoms with Gasteiger partial charge in [0.25, 0.3) is 5.91 Å². The number of aryl methyl sites for hydroxylation is 1. The summed E-state index contributed by atoms with van der Waals surface area (Å²) in [5.41, 5.74) is 5.22. The lowest BCUT2D eigenvalue weighted by molar-refractivity contribution is -0.116. The van der Waals surface area contributed by atoms with Crippen LogP contribution in [0.4, 0.5) is 17.1 Å². The molecular weight excluding hydrogens is 585 g/mol. The van der Waals surface area contributed by atoms with Crippen LogP contribution in [0.25, 0.3) is 22.6 Å². The van der Waals surface area contributed by atoms with E-state index in [0.717, 1.165) is 35.4 Å². The summed E-state index contributed by atoms with van der Waals surface area (Å²) < 4.78 is 1.91. The van der Waals surface area contributed by atoms with Gasteiger partial charge in [0.15, 0.2) is 5.82 Å². The first-order chi connectivity index (χ1) is 19.3. The molecule has 4 aromatic rings. The number of benzene rings is 2. The van der Waals surface area contributed by atoms with Gasteiger partial charge in [-0.25, -0.2) is 4.98 Å². The topological polar surface area (TPSA) is 98.3 Å². The van der Waals surface area contributed by atoms with Crippen LogP contribution in [0.2, 0.25) is 0 Å². The number of halogens is 3. The van der Waals surface area contributed by atoms with Crippen LogP contribution in [0.15, 0.2) is 54.7 Å². The average Bonchev–Trinajstić information content (AvgIpc) is 3.50. The highest BCUT2D eigenvalue weighted by Gasteiger charge is 2.14. The minimum atomic E-state index is -0.220. The molecule has 12 heteroatoms. The van der Waals surface area contributed by atoms with Crippen molar-refractivity contribution in [3.8, 4) is 11.5 Å². The summed E-state index contributed by atoms with van der Waals surface area (Å²) in [5.74, 6) is 1.43. The predicted molar refractivity (Wildman–Crippen MR) is 172 cm³/mol. The van der Waals surface area contributed by atoms with Crippen molar-refractivity contribution in [1.82, 2.24) is 19.4 Å². The Hall–Kier alpha value is -3.24. The lowest BCUT2D eigenvalue weighted by Crippen LogP contribution is -2.27. The molecule has 2 amide bonds. The third kappa shape index (κ3) is 8.63. The van der Waals surface area contributed by atoms with Gasteiger partial charge in [-0.05, 0) is 75.6 Å². The number of rotatable bonds is 13. The average molecular weight is 621 g/mol. The van der Waals surface area contributed by atoms with Crippen LogP contribution >= 0.6 is 35.6 Å². The van der Waals surface area contributed by atoms with Gasteiger partial charge in [-0.3, -0.25) is 9.59 Å². The Bertz CT molecular complexity index is 1440. The van der Waals surface area contributed by atoms with Gasteiger partial charge in [0, 0.05) is 61.5 Å². The number of nitrogens with one attached hydrogen (secondary N) is 3. The number of fused-ring (bicyclic) bond motifs is 1. The van der Waals surface area contributed by atoms with E-state index >= 15 is 0 Å². The fraction of sp³-hybridized carbons (Fsp3) is 0.345. The van der Waals surface area contributed by atoms with E-state index in [9.17, 15) is 9.59 Å². The van der Waals surface area contributed by atoms with E-state index in [1.807, 2.05) is 68.3 Å². The van der Waals surface area contributed by atoms with Crippen LogP contribution in [0.1, 0.15) is 23.2 Å². The zero-order chi connectivity index (χ0) is 28.6. The highest BCUT2D eigenvalue weighted by Crippen LogP contribution is 2.26. The molecule has 0 radical (unpaired) electrons. The van der Waals surface area contributed by atoms with Crippen LogP contribution in [-0.4, -0.2) is 76.7 Å². The molecule has 3 N–H and O–H groups in total. The first kappa shape index (κ1) is 32.3. The SMILES string of the molecule is CN(C)CCCC(=O)Nc1cc(-c2nc3ccc(C(=O)Nc4ccc(N(CCCl)CCCl)cc4)cc3[nH]2)n(C)c1.Cl. The Balaban J connectivity index is 0.00000462. The molecule has 41 heavy (non-hydrogen) atoms. The normalized spacial score (nSPS) is 11.0. The molecule has 0 fully saturated rings. The Morgan fingerprint density at radius 3 is 2.32 bits per heavy atom. The molecule has 0 atom stereocenters. The number of hydrogen-bond acceptors (Lipinski definition) is 5. The third-order valence-electron chi connectivity index (χ3n) is 6.48. The van der Waals surface area contributed by atoms with Crippen molar-refractivity contribution in [3.05, 3.63) is 60.3 Å². The fourth-order valence-corrected chi connectivity index (χ4v) is 4.86. The van der Waals surface area contributed by atoms with E-state index in [4.69, 9.17) is 28.2 Å². The maximum absolute atomic E-state index is 13.0. The lowest BCUT2D eigenvalue weighted by atomic mass is 10.2. The van der Waals surface area contributed by atoms with E-state index < -0.39 is 0 Å². The van der Waals surface area contributed by atoms with Gasteiger partial charge in [-0.2, -0.15) is 0 Å². The second kappa shape index (κ2) is 15.1. The van der Waals surface area contributed by atoms with Crippen LogP contribution < -0.4 is 15.5 Å². The monoisotopic (exact) mass is 619 g/mol. The molecule has 2 heterocycles. The molecule has 0 unspecified atom stereocenters. The molecule has 2 aromatic carbocycles. The van der Waals surface area contributed by atoms with Crippen LogP contribution in [-0.2, 0) is 11.8 Å². The number of alkyl halides is 2. The number of carbonyl (C=O) groups is 2. The van der Waals surface area contributed by atoms with E-state index in [-0.39, 0.29) is 24.2 Å². The summed E-state index contributed by atoms with van der Waals surface area (Å²) >= 11 is 11.8. The van der Waals surface area contributed by atoms with Crippen LogP contribution in [0.3, 0.4) is 0 Å². The maximum Gasteiger partial charge on any atom is 0.255 e. The van der Waals surface area contributed by atoms with Crippen molar-refractivity contribution in [1.29, 1.82) is 0 Å². The second-order valence-electron chi connectivity index (χ2n) is 9.86. The molecule has 2 aromatic heterocycles. The Kier molecular flexibility index (Phi) is 11.9. The fourth-order valence-electron chi connectivity index (χ4n) is 4.45. The quantitative estimate of drug-likeness (QED) is 0.164.